The van der Waals surface area contributed by atoms with Crippen LogP contribution in [0.4, 0.5) is 11.4 Å². The number of nitro benzene ring substituents is 1. The minimum atomic E-state index is -0.634. The Morgan fingerprint density at radius 2 is 1.74 bits per heavy atom. The molecule has 0 unspecified atom stereocenters. The van der Waals surface area contributed by atoms with Crippen LogP contribution in [-0.2, 0) is 0 Å². The first-order valence-electron chi connectivity index (χ1n) is 6.84. The molecule has 1 N–H and O–H groups in total. The number of halogens is 2. The zero-order valence-electron chi connectivity index (χ0n) is 12.5. The molecule has 2 aromatic carbocycles. The van der Waals surface area contributed by atoms with Crippen molar-refractivity contribution in [3.8, 4) is 0 Å². The van der Waals surface area contributed by atoms with Crippen molar-refractivity contribution in [2.75, 3.05) is 5.32 Å². The molecule has 5 nitrogen and oxygen atoms in total. The lowest BCUT2D eigenvalue weighted by atomic mass is 10.0. The molecule has 0 aliphatic heterocycles. The molecule has 2 aromatic rings. The van der Waals surface area contributed by atoms with E-state index in [0.29, 0.717) is 11.5 Å². The summed E-state index contributed by atoms with van der Waals surface area (Å²) in [4.78, 5) is 22.4. The van der Waals surface area contributed by atoms with Gasteiger partial charge in [-0.1, -0.05) is 49.2 Å². The summed E-state index contributed by atoms with van der Waals surface area (Å²) in [5.41, 5.74) is 1.49. The summed E-state index contributed by atoms with van der Waals surface area (Å²) in [5, 5.41) is 13.4. The van der Waals surface area contributed by atoms with Crippen LogP contribution < -0.4 is 5.32 Å². The minimum Gasteiger partial charge on any atom is -0.321 e. The highest BCUT2D eigenvalue weighted by Gasteiger charge is 2.17. The highest BCUT2D eigenvalue weighted by Crippen LogP contribution is 2.34. The molecule has 0 saturated heterocycles. The molecule has 1 amide bonds. The Morgan fingerprint density at radius 3 is 2.26 bits per heavy atom. The number of nitrogens with zero attached hydrogens (tertiary/aromatic N) is 1. The maximum absolute atomic E-state index is 12.2. The van der Waals surface area contributed by atoms with Crippen LogP contribution in [0.3, 0.4) is 0 Å². The first-order chi connectivity index (χ1) is 10.8. The average molecular weight is 353 g/mol. The lowest BCUT2D eigenvalue weighted by Crippen LogP contribution is -2.12. The van der Waals surface area contributed by atoms with Crippen LogP contribution in [0.5, 0.6) is 0 Å². The van der Waals surface area contributed by atoms with Gasteiger partial charge in [0.25, 0.3) is 11.6 Å². The number of benzene rings is 2. The molecule has 0 radical (unpaired) electrons. The van der Waals surface area contributed by atoms with Crippen molar-refractivity contribution in [3.63, 3.8) is 0 Å². The van der Waals surface area contributed by atoms with Crippen molar-refractivity contribution in [1.29, 1.82) is 0 Å². The topological polar surface area (TPSA) is 72.2 Å². The van der Waals surface area contributed by atoms with E-state index in [1.54, 1.807) is 12.1 Å². The molecule has 7 heteroatoms. The quantitative estimate of drug-likeness (QED) is 0.601. The highest BCUT2D eigenvalue weighted by atomic mass is 35.5. The number of hydrogen-bond acceptors (Lipinski definition) is 3. The standard InChI is InChI=1S/C16H14Cl2N2O3/c1-9(2)10-3-5-11(6-4-10)16(21)19-14-7-13(18)15(20(22)23)8-12(14)17/h3-9H,1-2H3,(H,19,21). The van der Waals surface area contributed by atoms with Gasteiger partial charge in [0.05, 0.1) is 15.6 Å². The number of nitro groups is 1. The van der Waals surface area contributed by atoms with E-state index in [2.05, 4.69) is 19.2 Å². The van der Waals surface area contributed by atoms with Gasteiger partial charge in [-0.05, 0) is 29.7 Å². The van der Waals surface area contributed by atoms with E-state index in [1.165, 1.54) is 6.07 Å². The fraction of sp³-hybridized carbons (Fsp3) is 0.188. The molecule has 0 fully saturated rings. The van der Waals surface area contributed by atoms with Crippen molar-refractivity contribution >= 4 is 40.5 Å². The lowest BCUT2D eigenvalue weighted by molar-refractivity contribution is -0.384. The molecule has 0 aliphatic rings. The van der Waals surface area contributed by atoms with Crippen LogP contribution in [-0.4, -0.2) is 10.8 Å². The van der Waals surface area contributed by atoms with Gasteiger partial charge in [-0.3, -0.25) is 14.9 Å². The molecule has 0 heterocycles. The Hall–Kier alpha value is -2.11. The van der Waals surface area contributed by atoms with E-state index in [-0.39, 0.29) is 27.3 Å². The van der Waals surface area contributed by atoms with Gasteiger partial charge in [-0.2, -0.15) is 0 Å². The van der Waals surface area contributed by atoms with Crippen LogP contribution in [0, 0.1) is 10.1 Å². The second-order valence-corrected chi connectivity index (χ2v) is 6.09. The Morgan fingerprint density at radius 1 is 1.13 bits per heavy atom. The second-order valence-electron chi connectivity index (χ2n) is 5.27. The smallest absolute Gasteiger partial charge is 0.289 e. The largest absolute Gasteiger partial charge is 0.321 e. The van der Waals surface area contributed by atoms with Gasteiger partial charge in [0, 0.05) is 11.6 Å². The van der Waals surface area contributed by atoms with E-state index in [9.17, 15) is 14.9 Å². The third-order valence-corrected chi connectivity index (χ3v) is 3.94. The van der Waals surface area contributed by atoms with Gasteiger partial charge < -0.3 is 5.32 Å². The zero-order chi connectivity index (χ0) is 17.1. The fourth-order valence-corrected chi connectivity index (χ4v) is 2.42. The molecular weight excluding hydrogens is 339 g/mol. The van der Waals surface area contributed by atoms with Crippen LogP contribution >= 0.6 is 23.2 Å². The lowest BCUT2D eigenvalue weighted by Gasteiger charge is -2.09. The molecule has 2 rings (SSSR count). The zero-order valence-corrected chi connectivity index (χ0v) is 14.0. The second kappa shape index (κ2) is 6.98. The summed E-state index contributed by atoms with van der Waals surface area (Å²) < 4.78 is 0. The van der Waals surface area contributed by atoms with Gasteiger partial charge in [-0.25, -0.2) is 0 Å². The monoisotopic (exact) mass is 352 g/mol. The molecular formula is C16H14Cl2N2O3. The Labute approximate surface area is 143 Å². The van der Waals surface area contributed by atoms with E-state index in [0.717, 1.165) is 11.6 Å². The number of carbonyl (C=O) groups is 1. The SMILES string of the molecule is CC(C)c1ccc(C(=O)Nc2cc(Cl)c([N+](=O)[O-])cc2Cl)cc1. The molecule has 23 heavy (non-hydrogen) atoms. The van der Waals surface area contributed by atoms with E-state index in [4.69, 9.17) is 23.2 Å². The van der Waals surface area contributed by atoms with Gasteiger partial charge in [0.1, 0.15) is 5.02 Å². The van der Waals surface area contributed by atoms with Gasteiger partial charge in [-0.15, -0.1) is 0 Å². The summed E-state index contributed by atoms with van der Waals surface area (Å²) >= 11 is 11.8. The molecule has 0 spiro atoms. The van der Waals surface area contributed by atoms with Crippen molar-refractivity contribution < 1.29 is 9.72 Å². The fourth-order valence-electron chi connectivity index (χ4n) is 1.99. The number of nitrogens with one attached hydrogen (secondary N) is 1. The Balaban J connectivity index is 2.23. The average Bonchev–Trinajstić information content (AvgIpc) is 2.50. The summed E-state index contributed by atoms with van der Waals surface area (Å²) in [6.07, 6.45) is 0. The van der Waals surface area contributed by atoms with Gasteiger partial charge >= 0.3 is 0 Å². The Kier molecular flexibility index (Phi) is 5.23. The van der Waals surface area contributed by atoms with E-state index >= 15 is 0 Å². The molecule has 0 bridgehead atoms. The number of carbonyl (C=O) groups excluding carboxylic acids is 1. The van der Waals surface area contributed by atoms with E-state index in [1.807, 2.05) is 12.1 Å². The van der Waals surface area contributed by atoms with Crippen molar-refractivity contribution in [2.24, 2.45) is 0 Å². The normalized spacial score (nSPS) is 10.7. The molecule has 0 aliphatic carbocycles. The minimum absolute atomic E-state index is 0.0493. The predicted molar refractivity (Wildman–Crippen MR) is 91.6 cm³/mol. The maximum atomic E-state index is 12.2. The molecule has 120 valence electrons. The van der Waals surface area contributed by atoms with Crippen molar-refractivity contribution in [3.05, 3.63) is 67.7 Å². The molecule has 0 atom stereocenters. The third-order valence-electron chi connectivity index (χ3n) is 3.32. The summed E-state index contributed by atoms with van der Waals surface area (Å²) in [6.45, 7) is 4.13. The van der Waals surface area contributed by atoms with Crippen molar-refractivity contribution in [2.45, 2.75) is 19.8 Å². The highest BCUT2D eigenvalue weighted by molar-refractivity contribution is 6.37. The van der Waals surface area contributed by atoms with Crippen LogP contribution in [0.2, 0.25) is 10.0 Å². The Bertz CT molecular complexity index is 759. The summed E-state index contributed by atoms with van der Waals surface area (Å²) in [6, 6.07) is 9.56. The number of rotatable bonds is 4. The first kappa shape index (κ1) is 17.2. The first-order valence-corrected chi connectivity index (χ1v) is 7.60. The number of amides is 1. The summed E-state index contributed by atoms with van der Waals surface area (Å²) in [7, 11) is 0. The number of hydrogen-bond donors (Lipinski definition) is 1. The van der Waals surface area contributed by atoms with E-state index < -0.39 is 4.92 Å². The van der Waals surface area contributed by atoms with Gasteiger partial charge in [0.15, 0.2) is 0 Å². The van der Waals surface area contributed by atoms with Crippen LogP contribution in [0.25, 0.3) is 0 Å². The van der Waals surface area contributed by atoms with Crippen molar-refractivity contribution in [1.82, 2.24) is 0 Å². The summed E-state index contributed by atoms with van der Waals surface area (Å²) in [5.74, 6) is 0.00200. The number of anilines is 1. The van der Waals surface area contributed by atoms with Crippen LogP contribution in [0.1, 0.15) is 35.7 Å². The predicted octanol–water partition coefficient (Wildman–Crippen LogP) is 5.28. The third kappa shape index (κ3) is 4.00. The molecule has 0 saturated carbocycles. The van der Waals surface area contributed by atoms with Gasteiger partial charge in [0.2, 0.25) is 0 Å². The maximum Gasteiger partial charge on any atom is 0.289 e. The molecule has 0 aromatic heterocycles. The van der Waals surface area contributed by atoms with Crippen LogP contribution in [0.15, 0.2) is 36.4 Å².